The number of piperazine rings is 1. The lowest BCUT2D eigenvalue weighted by Gasteiger charge is -2.36. The molecular weight excluding hydrogens is 348 g/mol. The third-order valence-corrected chi connectivity index (χ3v) is 6.50. The summed E-state index contributed by atoms with van der Waals surface area (Å²) in [5, 5.41) is 0. The summed E-state index contributed by atoms with van der Waals surface area (Å²) >= 11 is 0. The minimum atomic E-state index is -3.23. The number of anilines is 1. The molecule has 1 fully saturated rings. The summed E-state index contributed by atoms with van der Waals surface area (Å²) in [6.07, 6.45) is 0.552. The fraction of sp³-hybridized carbons (Fsp3) is 0.400. The molecule has 6 heteroatoms. The number of sulfonamides is 1. The smallest absolute Gasteiger partial charge is 0.214 e. The van der Waals surface area contributed by atoms with Crippen molar-refractivity contribution >= 4 is 15.7 Å². The van der Waals surface area contributed by atoms with Crippen LogP contribution in [0.2, 0.25) is 0 Å². The van der Waals surface area contributed by atoms with Gasteiger partial charge < -0.3 is 9.64 Å². The van der Waals surface area contributed by atoms with Crippen LogP contribution >= 0.6 is 0 Å². The maximum absolute atomic E-state index is 12.7. The van der Waals surface area contributed by atoms with E-state index in [1.165, 1.54) is 0 Å². The molecule has 0 saturated carbocycles. The Labute approximate surface area is 156 Å². The molecule has 140 valence electrons. The SMILES string of the molecule is CCOc1ccccc1N1CCN(S(=O)(=O)CCc2ccccc2)CC1. The van der Waals surface area contributed by atoms with E-state index < -0.39 is 10.0 Å². The topological polar surface area (TPSA) is 49.9 Å². The molecule has 2 aromatic carbocycles. The number of nitrogens with zero attached hydrogens (tertiary/aromatic N) is 2. The fourth-order valence-electron chi connectivity index (χ4n) is 3.22. The fourth-order valence-corrected chi connectivity index (χ4v) is 4.70. The van der Waals surface area contributed by atoms with Crippen molar-refractivity contribution in [2.24, 2.45) is 0 Å². The van der Waals surface area contributed by atoms with Gasteiger partial charge in [0.05, 0.1) is 18.0 Å². The molecule has 2 aromatic rings. The highest BCUT2D eigenvalue weighted by Crippen LogP contribution is 2.29. The van der Waals surface area contributed by atoms with E-state index in [-0.39, 0.29) is 5.75 Å². The number of ether oxygens (including phenoxy) is 1. The van der Waals surface area contributed by atoms with E-state index in [0.29, 0.717) is 39.2 Å². The van der Waals surface area contributed by atoms with Crippen LogP contribution in [-0.2, 0) is 16.4 Å². The third kappa shape index (κ3) is 4.56. The molecule has 0 atom stereocenters. The summed E-state index contributed by atoms with van der Waals surface area (Å²) < 4.78 is 32.6. The van der Waals surface area contributed by atoms with Crippen LogP contribution in [0, 0.1) is 0 Å². The molecule has 3 rings (SSSR count). The molecule has 26 heavy (non-hydrogen) atoms. The van der Waals surface area contributed by atoms with Crippen LogP contribution in [0.3, 0.4) is 0 Å². The van der Waals surface area contributed by atoms with Gasteiger partial charge in [-0.3, -0.25) is 0 Å². The van der Waals surface area contributed by atoms with Crippen LogP contribution in [0.15, 0.2) is 54.6 Å². The van der Waals surface area contributed by atoms with E-state index in [4.69, 9.17) is 4.74 Å². The Morgan fingerprint density at radius 2 is 1.58 bits per heavy atom. The maximum atomic E-state index is 12.7. The quantitative estimate of drug-likeness (QED) is 0.748. The Morgan fingerprint density at radius 3 is 2.27 bits per heavy atom. The molecule has 0 N–H and O–H groups in total. The lowest BCUT2D eigenvalue weighted by atomic mass is 10.2. The number of hydrogen-bond donors (Lipinski definition) is 0. The van der Waals surface area contributed by atoms with Gasteiger partial charge in [-0.2, -0.15) is 4.31 Å². The number of hydrogen-bond acceptors (Lipinski definition) is 4. The third-order valence-electron chi connectivity index (χ3n) is 4.63. The molecule has 0 bridgehead atoms. The zero-order valence-electron chi connectivity index (χ0n) is 15.2. The first kappa shape index (κ1) is 18.7. The molecule has 0 unspecified atom stereocenters. The minimum absolute atomic E-state index is 0.159. The van der Waals surface area contributed by atoms with Crippen molar-refractivity contribution in [3.63, 3.8) is 0 Å². The lowest BCUT2D eigenvalue weighted by Crippen LogP contribution is -2.49. The molecule has 0 spiro atoms. The van der Waals surface area contributed by atoms with Crippen LogP contribution in [0.5, 0.6) is 5.75 Å². The second-order valence-corrected chi connectivity index (χ2v) is 8.43. The van der Waals surface area contributed by atoms with Crippen molar-refractivity contribution in [2.45, 2.75) is 13.3 Å². The summed E-state index contributed by atoms with van der Waals surface area (Å²) in [5.41, 5.74) is 2.09. The first-order chi connectivity index (χ1) is 12.6. The molecule has 0 amide bonds. The van der Waals surface area contributed by atoms with Crippen molar-refractivity contribution in [3.05, 3.63) is 60.2 Å². The largest absolute Gasteiger partial charge is 0.492 e. The number of para-hydroxylation sites is 2. The monoisotopic (exact) mass is 374 g/mol. The average molecular weight is 375 g/mol. The normalized spacial score (nSPS) is 15.8. The van der Waals surface area contributed by atoms with Gasteiger partial charge in [0, 0.05) is 26.2 Å². The zero-order valence-corrected chi connectivity index (χ0v) is 16.0. The average Bonchev–Trinajstić information content (AvgIpc) is 2.68. The van der Waals surface area contributed by atoms with Gasteiger partial charge in [0.25, 0.3) is 0 Å². The molecule has 0 aromatic heterocycles. The van der Waals surface area contributed by atoms with Gasteiger partial charge in [0.1, 0.15) is 5.75 Å². The van der Waals surface area contributed by atoms with Crippen LogP contribution in [0.25, 0.3) is 0 Å². The van der Waals surface area contributed by atoms with E-state index >= 15 is 0 Å². The molecule has 1 saturated heterocycles. The molecular formula is C20H26N2O3S. The Balaban J connectivity index is 1.59. The highest BCUT2D eigenvalue weighted by Gasteiger charge is 2.27. The summed E-state index contributed by atoms with van der Waals surface area (Å²) in [6, 6.07) is 17.7. The number of benzene rings is 2. The van der Waals surface area contributed by atoms with Gasteiger partial charge in [-0.15, -0.1) is 0 Å². The zero-order chi connectivity index (χ0) is 18.4. The van der Waals surface area contributed by atoms with Gasteiger partial charge >= 0.3 is 0 Å². The van der Waals surface area contributed by atoms with E-state index in [1.54, 1.807) is 4.31 Å². The van der Waals surface area contributed by atoms with Crippen molar-refractivity contribution in [2.75, 3.05) is 43.4 Å². The van der Waals surface area contributed by atoms with Gasteiger partial charge in [-0.1, -0.05) is 42.5 Å². The summed E-state index contributed by atoms with van der Waals surface area (Å²) in [5.74, 6) is 1.02. The van der Waals surface area contributed by atoms with Crippen LogP contribution in [0.1, 0.15) is 12.5 Å². The highest BCUT2D eigenvalue weighted by atomic mass is 32.2. The number of aryl methyl sites for hydroxylation is 1. The van der Waals surface area contributed by atoms with Gasteiger partial charge in [0.15, 0.2) is 0 Å². The molecule has 0 aliphatic carbocycles. The van der Waals surface area contributed by atoms with Crippen molar-refractivity contribution in [1.29, 1.82) is 0 Å². The first-order valence-electron chi connectivity index (χ1n) is 9.08. The predicted octanol–water partition coefficient (Wildman–Crippen LogP) is 2.78. The summed E-state index contributed by atoms with van der Waals surface area (Å²) in [6.45, 7) is 4.96. The van der Waals surface area contributed by atoms with Gasteiger partial charge in [-0.05, 0) is 31.0 Å². The number of rotatable bonds is 7. The maximum Gasteiger partial charge on any atom is 0.214 e. The Bertz CT molecular complexity index is 801. The molecule has 0 radical (unpaired) electrons. The van der Waals surface area contributed by atoms with Gasteiger partial charge in [-0.25, -0.2) is 8.42 Å². The predicted molar refractivity (Wildman–Crippen MR) is 105 cm³/mol. The molecule has 1 aliphatic rings. The molecule has 1 aliphatic heterocycles. The van der Waals surface area contributed by atoms with Crippen LogP contribution in [-0.4, -0.2) is 51.3 Å². The van der Waals surface area contributed by atoms with E-state index in [9.17, 15) is 8.42 Å². The Kier molecular flexibility index (Phi) is 6.16. The highest BCUT2D eigenvalue weighted by molar-refractivity contribution is 7.89. The van der Waals surface area contributed by atoms with E-state index in [0.717, 1.165) is 17.0 Å². The molecule has 5 nitrogen and oxygen atoms in total. The summed E-state index contributed by atoms with van der Waals surface area (Å²) in [7, 11) is -3.23. The van der Waals surface area contributed by atoms with Gasteiger partial charge in [0.2, 0.25) is 10.0 Å². The standard InChI is InChI=1S/C20H26N2O3S/c1-2-25-20-11-7-6-10-19(20)21-13-15-22(16-14-21)26(23,24)17-12-18-8-4-3-5-9-18/h3-11H,2,12-17H2,1H3. The summed E-state index contributed by atoms with van der Waals surface area (Å²) in [4.78, 5) is 2.20. The second-order valence-electron chi connectivity index (χ2n) is 6.34. The molecule has 1 heterocycles. The lowest BCUT2D eigenvalue weighted by molar-refractivity contribution is 0.337. The van der Waals surface area contributed by atoms with Crippen molar-refractivity contribution in [1.82, 2.24) is 4.31 Å². The van der Waals surface area contributed by atoms with Crippen molar-refractivity contribution < 1.29 is 13.2 Å². The Morgan fingerprint density at radius 1 is 0.923 bits per heavy atom. The first-order valence-corrected chi connectivity index (χ1v) is 10.7. The van der Waals surface area contributed by atoms with E-state index in [1.807, 2.05) is 61.5 Å². The van der Waals surface area contributed by atoms with Crippen molar-refractivity contribution in [3.8, 4) is 5.75 Å². The van der Waals surface area contributed by atoms with Crippen LogP contribution < -0.4 is 9.64 Å². The second kappa shape index (κ2) is 8.56. The minimum Gasteiger partial charge on any atom is -0.492 e. The van der Waals surface area contributed by atoms with Crippen LogP contribution in [0.4, 0.5) is 5.69 Å². The van der Waals surface area contributed by atoms with E-state index in [2.05, 4.69) is 4.90 Å². The Hall–Kier alpha value is -2.05.